The molecule has 0 saturated carbocycles. The first-order valence-electron chi connectivity index (χ1n) is 4.23. The quantitative estimate of drug-likeness (QED) is 0.321. The normalized spacial score (nSPS) is 8.56. The Morgan fingerprint density at radius 3 is 1.67 bits per heavy atom. The molecule has 1 aromatic rings. The summed E-state index contributed by atoms with van der Waals surface area (Å²) in [6.45, 7) is 0. The molecule has 0 amide bonds. The van der Waals surface area contributed by atoms with E-state index >= 15 is 0 Å². The molecule has 18 heavy (non-hydrogen) atoms. The number of hydrazone groups is 2. The predicted molar refractivity (Wildman–Crippen MR) is 57.5 cm³/mol. The molecule has 1 heterocycles. The van der Waals surface area contributed by atoms with E-state index in [2.05, 4.69) is 26.0 Å². The second-order valence-electron chi connectivity index (χ2n) is 2.45. The summed E-state index contributed by atoms with van der Waals surface area (Å²) in [5.41, 5.74) is 6.91. The molecular weight excluding hydrogens is 340 g/mol. The Bertz CT molecular complexity index is 319. The van der Waals surface area contributed by atoms with Crippen molar-refractivity contribution >= 4 is 12.4 Å². The topological polar surface area (TPSA) is 61.7 Å². The predicted octanol–water partition coefficient (Wildman–Crippen LogP) is -8.80. The fourth-order valence-corrected chi connectivity index (χ4v) is 0.874. The van der Waals surface area contributed by atoms with Crippen LogP contribution in [0.1, 0.15) is 11.4 Å². The van der Waals surface area contributed by atoms with Gasteiger partial charge in [0.2, 0.25) is 0 Å². The van der Waals surface area contributed by atoms with Gasteiger partial charge in [-0.15, -0.1) is 0 Å². The molecule has 9 heteroatoms. The molecule has 0 bridgehead atoms. The standard InChI is InChI=1S/C9H13N5.3ClH.Fe/c1-10-12-6-8-4-3-5-9(14-8)7-13-11-2;;;;/h3-7,10-11H,1-2H3;3*1H;/q;;;;+3/p-3. The van der Waals surface area contributed by atoms with Gasteiger partial charge in [-0.1, -0.05) is 6.07 Å². The van der Waals surface area contributed by atoms with Gasteiger partial charge < -0.3 is 48.1 Å². The van der Waals surface area contributed by atoms with E-state index in [1.165, 1.54) is 0 Å². The van der Waals surface area contributed by atoms with Gasteiger partial charge >= 0.3 is 17.1 Å². The summed E-state index contributed by atoms with van der Waals surface area (Å²) in [7, 11) is 3.48. The summed E-state index contributed by atoms with van der Waals surface area (Å²) < 4.78 is 0. The van der Waals surface area contributed by atoms with Crippen LogP contribution in [-0.2, 0) is 17.1 Å². The number of pyridine rings is 1. The Morgan fingerprint density at radius 1 is 0.944 bits per heavy atom. The Balaban J connectivity index is -0.000000245. The summed E-state index contributed by atoms with van der Waals surface area (Å²) in [6, 6.07) is 5.65. The van der Waals surface area contributed by atoms with E-state index in [0.29, 0.717) is 0 Å². The number of rotatable bonds is 4. The van der Waals surface area contributed by atoms with E-state index in [9.17, 15) is 0 Å². The summed E-state index contributed by atoms with van der Waals surface area (Å²) in [6.07, 6.45) is 3.30. The Labute approximate surface area is 136 Å². The van der Waals surface area contributed by atoms with Gasteiger partial charge in [0.25, 0.3) is 0 Å². The van der Waals surface area contributed by atoms with Crippen molar-refractivity contribution in [3.8, 4) is 0 Å². The fourth-order valence-electron chi connectivity index (χ4n) is 0.874. The van der Waals surface area contributed by atoms with Crippen LogP contribution in [0.5, 0.6) is 0 Å². The van der Waals surface area contributed by atoms with Crippen molar-refractivity contribution in [1.82, 2.24) is 15.8 Å². The zero-order valence-corrected chi connectivity index (χ0v) is 13.1. The van der Waals surface area contributed by atoms with Gasteiger partial charge in [0.1, 0.15) is 0 Å². The Hall–Kier alpha value is -0.521. The monoisotopic (exact) mass is 352 g/mol. The van der Waals surface area contributed by atoms with Crippen molar-refractivity contribution in [2.45, 2.75) is 0 Å². The van der Waals surface area contributed by atoms with Crippen LogP contribution in [0.4, 0.5) is 0 Å². The molecule has 2 N–H and O–H groups in total. The maximum Gasteiger partial charge on any atom is 3.00 e. The molecule has 0 aromatic carbocycles. The molecule has 5 nitrogen and oxygen atoms in total. The molecule has 1 rings (SSSR count). The van der Waals surface area contributed by atoms with E-state index in [1.54, 1.807) is 26.5 Å². The summed E-state index contributed by atoms with van der Waals surface area (Å²) in [5, 5.41) is 7.73. The number of halogens is 3. The number of nitrogens with zero attached hydrogens (tertiary/aromatic N) is 3. The largest absolute Gasteiger partial charge is 3.00 e. The van der Waals surface area contributed by atoms with Crippen LogP contribution in [0.15, 0.2) is 28.4 Å². The van der Waals surface area contributed by atoms with Gasteiger partial charge in [0, 0.05) is 14.1 Å². The smallest absolute Gasteiger partial charge is 1.00 e. The SMILES string of the molecule is CNN=Cc1cccc(C=NNC)n1.[Cl-].[Cl-].[Cl-].[Fe+3]. The molecule has 0 atom stereocenters. The number of aromatic nitrogens is 1. The second kappa shape index (κ2) is 16.5. The molecular formula is C9H13Cl3FeN5. The first-order chi connectivity index (χ1) is 6.86. The molecule has 0 aliphatic rings. The third-order valence-electron chi connectivity index (χ3n) is 1.44. The molecule has 0 spiro atoms. The zero-order valence-electron chi connectivity index (χ0n) is 9.72. The van der Waals surface area contributed by atoms with Crippen LogP contribution in [0.2, 0.25) is 0 Å². The Kier molecular flexibility index (Phi) is 23.9. The van der Waals surface area contributed by atoms with Gasteiger partial charge in [-0.05, 0) is 12.1 Å². The van der Waals surface area contributed by atoms with Gasteiger partial charge in [0.15, 0.2) is 0 Å². The molecule has 0 aliphatic carbocycles. The summed E-state index contributed by atoms with van der Waals surface area (Å²) in [4.78, 5) is 4.27. The minimum Gasteiger partial charge on any atom is -1.00 e. The zero-order chi connectivity index (χ0) is 10.2. The van der Waals surface area contributed by atoms with E-state index in [0.717, 1.165) is 11.4 Å². The van der Waals surface area contributed by atoms with Crippen LogP contribution >= 0.6 is 0 Å². The van der Waals surface area contributed by atoms with E-state index in [1.807, 2.05) is 18.2 Å². The minimum absolute atomic E-state index is 0. The molecule has 0 unspecified atom stereocenters. The van der Waals surface area contributed by atoms with E-state index < -0.39 is 0 Å². The van der Waals surface area contributed by atoms with Gasteiger partial charge in [-0.3, -0.25) is 0 Å². The summed E-state index contributed by atoms with van der Waals surface area (Å²) in [5.74, 6) is 0. The van der Waals surface area contributed by atoms with E-state index in [-0.39, 0.29) is 54.3 Å². The maximum absolute atomic E-state index is 4.27. The van der Waals surface area contributed by atoms with Crippen molar-refractivity contribution in [3.05, 3.63) is 29.6 Å². The van der Waals surface area contributed by atoms with Crippen LogP contribution in [0.25, 0.3) is 0 Å². The summed E-state index contributed by atoms with van der Waals surface area (Å²) >= 11 is 0. The molecule has 103 valence electrons. The van der Waals surface area contributed by atoms with E-state index in [4.69, 9.17) is 0 Å². The molecule has 1 radical (unpaired) electrons. The van der Waals surface area contributed by atoms with Crippen LogP contribution in [0, 0.1) is 0 Å². The first kappa shape index (κ1) is 26.1. The first-order valence-corrected chi connectivity index (χ1v) is 4.23. The number of nitrogens with one attached hydrogen (secondary N) is 2. The van der Waals surface area contributed by atoms with Gasteiger partial charge in [-0.25, -0.2) is 4.98 Å². The second-order valence-corrected chi connectivity index (χ2v) is 2.45. The third-order valence-corrected chi connectivity index (χ3v) is 1.44. The third kappa shape index (κ3) is 10.6. The molecule has 0 fully saturated rings. The number of hydrogen-bond donors (Lipinski definition) is 2. The van der Waals surface area contributed by atoms with Gasteiger partial charge in [0.05, 0.1) is 23.8 Å². The average molecular weight is 353 g/mol. The minimum atomic E-state index is 0. The maximum atomic E-state index is 4.27. The Morgan fingerprint density at radius 2 is 1.33 bits per heavy atom. The van der Waals surface area contributed by atoms with Gasteiger partial charge in [-0.2, -0.15) is 10.2 Å². The van der Waals surface area contributed by atoms with Crippen molar-refractivity contribution in [2.75, 3.05) is 14.1 Å². The molecule has 1 aromatic heterocycles. The van der Waals surface area contributed by atoms with Crippen molar-refractivity contribution < 1.29 is 54.3 Å². The number of hydrogen-bond acceptors (Lipinski definition) is 5. The average Bonchev–Trinajstić information content (AvgIpc) is 2.24. The van der Waals surface area contributed by atoms with Crippen molar-refractivity contribution in [2.24, 2.45) is 10.2 Å². The fraction of sp³-hybridized carbons (Fsp3) is 0.222. The van der Waals surface area contributed by atoms with Crippen LogP contribution in [-0.4, -0.2) is 31.5 Å². The van der Waals surface area contributed by atoms with Crippen molar-refractivity contribution in [1.29, 1.82) is 0 Å². The van der Waals surface area contributed by atoms with Crippen molar-refractivity contribution in [3.63, 3.8) is 0 Å². The molecule has 0 aliphatic heterocycles. The van der Waals surface area contributed by atoms with Crippen LogP contribution in [0.3, 0.4) is 0 Å². The molecule has 0 saturated heterocycles. The van der Waals surface area contributed by atoms with Crippen LogP contribution < -0.4 is 48.1 Å².